The van der Waals surface area contributed by atoms with Crippen LogP contribution in [0.2, 0.25) is 0 Å². The van der Waals surface area contributed by atoms with Gasteiger partial charge in [0, 0.05) is 26.2 Å². The third-order valence-corrected chi connectivity index (χ3v) is 3.08. The summed E-state index contributed by atoms with van der Waals surface area (Å²) in [6.07, 6.45) is 5.30. The zero-order chi connectivity index (χ0) is 12.9. The van der Waals surface area contributed by atoms with Gasteiger partial charge in [-0.15, -0.1) is 0 Å². The molecule has 0 bridgehead atoms. The van der Waals surface area contributed by atoms with E-state index < -0.39 is 0 Å². The van der Waals surface area contributed by atoms with Crippen molar-refractivity contribution in [3.05, 3.63) is 0 Å². The lowest BCUT2D eigenvalue weighted by molar-refractivity contribution is 0.198. The van der Waals surface area contributed by atoms with Crippen LogP contribution in [0.3, 0.4) is 0 Å². The number of nitrogens with one attached hydrogen (secondary N) is 2. The van der Waals surface area contributed by atoms with E-state index in [0.29, 0.717) is 6.04 Å². The minimum atomic E-state index is 0.545. The minimum absolute atomic E-state index is 0.545. The van der Waals surface area contributed by atoms with Crippen LogP contribution < -0.4 is 10.6 Å². The molecule has 0 aliphatic rings. The fourth-order valence-electron chi connectivity index (χ4n) is 2.10. The molecule has 0 aromatic rings. The summed E-state index contributed by atoms with van der Waals surface area (Å²) in [7, 11) is 1.74. The lowest BCUT2D eigenvalue weighted by atomic mass is 9.98. The number of rotatable bonds is 12. The van der Waals surface area contributed by atoms with E-state index in [1.54, 1.807) is 7.11 Å². The summed E-state index contributed by atoms with van der Waals surface area (Å²) in [6.45, 7) is 10.7. The molecule has 3 heteroatoms. The molecule has 1 unspecified atom stereocenters. The standard InChI is InChI=1S/C14H32N2O/c1-5-7-14(8-6-2)12-16-13(3)11-15-9-10-17-4/h13-16H,5-12H2,1-4H3. The second-order valence-corrected chi connectivity index (χ2v) is 4.95. The lowest BCUT2D eigenvalue weighted by Gasteiger charge is -2.20. The summed E-state index contributed by atoms with van der Waals surface area (Å²) in [5.41, 5.74) is 0. The van der Waals surface area contributed by atoms with Crippen molar-refractivity contribution >= 4 is 0 Å². The Balaban J connectivity index is 3.53. The molecule has 104 valence electrons. The Morgan fingerprint density at radius 2 is 1.71 bits per heavy atom. The molecule has 3 nitrogen and oxygen atoms in total. The topological polar surface area (TPSA) is 33.3 Å². The Kier molecular flexibility index (Phi) is 12.3. The van der Waals surface area contributed by atoms with Gasteiger partial charge in [0.1, 0.15) is 0 Å². The molecule has 0 rings (SSSR count). The third-order valence-electron chi connectivity index (χ3n) is 3.08. The molecule has 2 N–H and O–H groups in total. The van der Waals surface area contributed by atoms with E-state index in [-0.39, 0.29) is 0 Å². The molecule has 0 fully saturated rings. The first-order chi connectivity index (χ1) is 8.24. The zero-order valence-corrected chi connectivity index (χ0v) is 12.2. The maximum atomic E-state index is 5.00. The molecule has 0 spiro atoms. The number of hydrogen-bond acceptors (Lipinski definition) is 3. The smallest absolute Gasteiger partial charge is 0.0587 e. The molecule has 0 aliphatic heterocycles. The van der Waals surface area contributed by atoms with E-state index in [4.69, 9.17) is 4.74 Å². The second kappa shape index (κ2) is 12.3. The summed E-state index contributed by atoms with van der Waals surface area (Å²) in [5, 5.41) is 7.01. The van der Waals surface area contributed by atoms with Gasteiger partial charge in [0.15, 0.2) is 0 Å². The normalized spacial score (nSPS) is 13.2. The van der Waals surface area contributed by atoms with Gasteiger partial charge in [0.25, 0.3) is 0 Å². The van der Waals surface area contributed by atoms with Crippen molar-refractivity contribution in [2.75, 3.05) is 33.4 Å². The fraction of sp³-hybridized carbons (Fsp3) is 1.00. The number of ether oxygens (including phenoxy) is 1. The fourth-order valence-corrected chi connectivity index (χ4v) is 2.10. The molecule has 0 saturated carbocycles. The van der Waals surface area contributed by atoms with Crippen LogP contribution in [0.15, 0.2) is 0 Å². The van der Waals surface area contributed by atoms with Crippen molar-refractivity contribution in [3.8, 4) is 0 Å². The number of methoxy groups -OCH3 is 1. The van der Waals surface area contributed by atoms with E-state index in [0.717, 1.165) is 32.2 Å². The quantitative estimate of drug-likeness (QED) is 0.517. The lowest BCUT2D eigenvalue weighted by Crippen LogP contribution is -2.39. The van der Waals surface area contributed by atoms with Gasteiger partial charge in [0.05, 0.1) is 6.61 Å². The summed E-state index contributed by atoms with van der Waals surface area (Å²) in [6, 6.07) is 0.545. The molecule has 0 heterocycles. The molecule has 0 amide bonds. The maximum absolute atomic E-state index is 5.00. The molecule has 17 heavy (non-hydrogen) atoms. The van der Waals surface area contributed by atoms with Crippen molar-refractivity contribution in [1.29, 1.82) is 0 Å². The first-order valence-corrected chi connectivity index (χ1v) is 7.17. The van der Waals surface area contributed by atoms with Gasteiger partial charge >= 0.3 is 0 Å². The highest BCUT2D eigenvalue weighted by Gasteiger charge is 2.08. The van der Waals surface area contributed by atoms with Crippen LogP contribution >= 0.6 is 0 Å². The monoisotopic (exact) mass is 244 g/mol. The molecule has 0 aliphatic carbocycles. The zero-order valence-electron chi connectivity index (χ0n) is 12.2. The van der Waals surface area contributed by atoms with Gasteiger partial charge < -0.3 is 15.4 Å². The van der Waals surface area contributed by atoms with E-state index in [2.05, 4.69) is 31.4 Å². The molecule has 0 aromatic carbocycles. The van der Waals surface area contributed by atoms with Crippen molar-refractivity contribution in [3.63, 3.8) is 0 Å². The Labute approximate surface area is 108 Å². The highest BCUT2D eigenvalue weighted by atomic mass is 16.5. The van der Waals surface area contributed by atoms with Gasteiger partial charge in [-0.25, -0.2) is 0 Å². The SMILES string of the molecule is CCCC(CCC)CNC(C)CNCCOC. The van der Waals surface area contributed by atoms with Crippen LogP contribution in [0, 0.1) is 5.92 Å². The predicted molar refractivity (Wildman–Crippen MR) is 75.5 cm³/mol. The van der Waals surface area contributed by atoms with E-state index in [1.807, 2.05) is 0 Å². The van der Waals surface area contributed by atoms with Crippen molar-refractivity contribution < 1.29 is 4.74 Å². The van der Waals surface area contributed by atoms with Crippen LogP contribution in [0.25, 0.3) is 0 Å². The first kappa shape index (κ1) is 16.9. The highest BCUT2D eigenvalue weighted by molar-refractivity contribution is 4.68. The van der Waals surface area contributed by atoms with Crippen molar-refractivity contribution in [2.24, 2.45) is 5.92 Å². The summed E-state index contributed by atoms with van der Waals surface area (Å²) in [4.78, 5) is 0. The van der Waals surface area contributed by atoms with Gasteiger partial charge in [0.2, 0.25) is 0 Å². The Morgan fingerprint density at radius 3 is 2.24 bits per heavy atom. The minimum Gasteiger partial charge on any atom is -0.383 e. The Bertz CT molecular complexity index is 147. The summed E-state index contributed by atoms with van der Waals surface area (Å²) >= 11 is 0. The van der Waals surface area contributed by atoms with E-state index in [9.17, 15) is 0 Å². The molecule has 0 aromatic heterocycles. The summed E-state index contributed by atoms with van der Waals surface area (Å²) in [5.74, 6) is 0.853. The van der Waals surface area contributed by atoms with Crippen LogP contribution in [-0.2, 0) is 4.74 Å². The van der Waals surface area contributed by atoms with Crippen molar-refractivity contribution in [1.82, 2.24) is 10.6 Å². The molecule has 0 radical (unpaired) electrons. The average Bonchev–Trinajstić information content (AvgIpc) is 2.32. The Hall–Kier alpha value is -0.120. The Morgan fingerprint density at radius 1 is 1.06 bits per heavy atom. The van der Waals surface area contributed by atoms with Crippen LogP contribution in [0.1, 0.15) is 46.5 Å². The number of hydrogen-bond donors (Lipinski definition) is 2. The third kappa shape index (κ3) is 10.7. The predicted octanol–water partition coefficient (Wildman–Crippen LogP) is 2.42. The van der Waals surface area contributed by atoms with E-state index >= 15 is 0 Å². The largest absolute Gasteiger partial charge is 0.383 e. The van der Waals surface area contributed by atoms with E-state index in [1.165, 1.54) is 25.7 Å². The summed E-state index contributed by atoms with van der Waals surface area (Å²) < 4.78 is 5.00. The molecule has 0 saturated heterocycles. The van der Waals surface area contributed by atoms with Crippen LogP contribution in [-0.4, -0.2) is 39.4 Å². The molecular weight excluding hydrogens is 212 g/mol. The van der Waals surface area contributed by atoms with Crippen LogP contribution in [0.4, 0.5) is 0 Å². The first-order valence-electron chi connectivity index (χ1n) is 7.17. The molecule has 1 atom stereocenters. The maximum Gasteiger partial charge on any atom is 0.0587 e. The van der Waals surface area contributed by atoms with Crippen LogP contribution in [0.5, 0.6) is 0 Å². The highest BCUT2D eigenvalue weighted by Crippen LogP contribution is 2.12. The van der Waals surface area contributed by atoms with Gasteiger partial charge in [-0.2, -0.15) is 0 Å². The average molecular weight is 244 g/mol. The van der Waals surface area contributed by atoms with Gasteiger partial charge in [-0.3, -0.25) is 0 Å². The second-order valence-electron chi connectivity index (χ2n) is 4.95. The van der Waals surface area contributed by atoms with Gasteiger partial charge in [-0.05, 0) is 32.2 Å². The van der Waals surface area contributed by atoms with Gasteiger partial charge in [-0.1, -0.05) is 26.7 Å². The van der Waals surface area contributed by atoms with Crippen molar-refractivity contribution in [2.45, 2.75) is 52.5 Å². The molecular formula is C14H32N2O.